The molecule has 0 heterocycles. The summed E-state index contributed by atoms with van der Waals surface area (Å²) in [5.41, 5.74) is 1.18. The van der Waals surface area contributed by atoms with E-state index < -0.39 is 0 Å². The summed E-state index contributed by atoms with van der Waals surface area (Å²) in [7, 11) is 4.06. The number of hydrogen-bond acceptors (Lipinski definition) is 2. The van der Waals surface area contributed by atoms with Crippen LogP contribution in [0.5, 0.6) is 5.75 Å². The first-order chi connectivity index (χ1) is 6.66. The van der Waals surface area contributed by atoms with Crippen molar-refractivity contribution in [3.63, 3.8) is 0 Å². The molecule has 1 aromatic rings. The fourth-order valence-electron chi connectivity index (χ4n) is 1.23. The number of benzene rings is 1. The lowest BCUT2D eigenvalue weighted by molar-refractivity contribution is 0.301. The summed E-state index contributed by atoms with van der Waals surface area (Å²) in [6, 6.07) is 6.18. The van der Waals surface area contributed by atoms with E-state index in [-0.39, 0.29) is 0 Å². The molecule has 0 amide bonds. The summed E-state index contributed by atoms with van der Waals surface area (Å²) in [4.78, 5) is 2.08. The van der Waals surface area contributed by atoms with Gasteiger partial charge in [-0.15, -0.1) is 0 Å². The van der Waals surface area contributed by atoms with Crippen LogP contribution in [0.15, 0.2) is 22.7 Å². The molecule has 76 valence electrons. The number of anilines is 1. The van der Waals surface area contributed by atoms with Crippen molar-refractivity contribution < 1.29 is 4.74 Å². The Morgan fingerprint density at radius 1 is 1.36 bits per heavy atom. The van der Waals surface area contributed by atoms with Crippen LogP contribution in [0.25, 0.3) is 0 Å². The average Bonchev–Trinajstić information content (AvgIpc) is 2.92. The molecule has 1 aliphatic rings. The van der Waals surface area contributed by atoms with Gasteiger partial charge in [-0.2, -0.15) is 0 Å². The Bertz CT molecular complexity index is 334. The second-order valence-electron chi connectivity index (χ2n) is 3.83. The third-order valence-electron chi connectivity index (χ3n) is 2.25. The maximum atomic E-state index is 5.73. The maximum Gasteiger partial charge on any atom is 0.134 e. The van der Waals surface area contributed by atoms with E-state index in [1.807, 2.05) is 20.2 Å². The summed E-state index contributed by atoms with van der Waals surface area (Å²) >= 11 is 3.52. The monoisotopic (exact) mass is 255 g/mol. The SMILES string of the molecule is CN(C)c1ccc(OC2CC2)c(Br)c1. The van der Waals surface area contributed by atoms with Gasteiger partial charge in [0.25, 0.3) is 0 Å². The molecule has 0 aromatic heterocycles. The molecule has 0 aliphatic heterocycles. The van der Waals surface area contributed by atoms with Crippen LogP contribution < -0.4 is 9.64 Å². The van der Waals surface area contributed by atoms with Gasteiger partial charge in [-0.05, 0) is 47.0 Å². The van der Waals surface area contributed by atoms with E-state index in [1.165, 1.54) is 18.5 Å². The quantitative estimate of drug-likeness (QED) is 0.824. The smallest absolute Gasteiger partial charge is 0.134 e. The standard InChI is InChI=1S/C11H14BrNO/c1-13(2)8-3-6-11(10(12)7-8)14-9-4-5-9/h3,6-7,9H,4-5H2,1-2H3. The summed E-state index contributed by atoms with van der Waals surface area (Å²) in [6.45, 7) is 0. The van der Waals surface area contributed by atoms with Gasteiger partial charge in [0.2, 0.25) is 0 Å². The lowest BCUT2D eigenvalue weighted by Gasteiger charge is -2.14. The molecule has 0 atom stereocenters. The van der Waals surface area contributed by atoms with Crippen LogP contribution in [-0.2, 0) is 0 Å². The van der Waals surface area contributed by atoms with Gasteiger partial charge in [0.1, 0.15) is 5.75 Å². The Hall–Kier alpha value is -0.700. The molecule has 1 saturated carbocycles. The number of ether oxygens (including phenoxy) is 1. The third-order valence-corrected chi connectivity index (χ3v) is 2.87. The van der Waals surface area contributed by atoms with Crippen LogP contribution in [0.1, 0.15) is 12.8 Å². The van der Waals surface area contributed by atoms with Crippen LogP contribution in [-0.4, -0.2) is 20.2 Å². The first-order valence-corrected chi connectivity index (χ1v) is 5.59. The number of nitrogens with zero attached hydrogens (tertiary/aromatic N) is 1. The van der Waals surface area contributed by atoms with Crippen molar-refractivity contribution in [2.75, 3.05) is 19.0 Å². The van der Waals surface area contributed by atoms with E-state index in [0.717, 1.165) is 10.2 Å². The van der Waals surface area contributed by atoms with Gasteiger partial charge in [-0.3, -0.25) is 0 Å². The van der Waals surface area contributed by atoms with Gasteiger partial charge in [0.15, 0.2) is 0 Å². The van der Waals surface area contributed by atoms with Crippen molar-refractivity contribution in [2.24, 2.45) is 0 Å². The Morgan fingerprint density at radius 2 is 2.07 bits per heavy atom. The molecule has 1 aromatic carbocycles. The topological polar surface area (TPSA) is 12.5 Å². The average molecular weight is 256 g/mol. The van der Waals surface area contributed by atoms with E-state index >= 15 is 0 Å². The van der Waals surface area contributed by atoms with Crippen molar-refractivity contribution in [3.05, 3.63) is 22.7 Å². The van der Waals surface area contributed by atoms with Gasteiger partial charge in [-0.1, -0.05) is 0 Å². The normalized spacial score (nSPS) is 15.4. The molecule has 2 rings (SSSR count). The van der Waals surface area contributed by atoms with Crippen LogP contribution in [0.3, 0.4) is 0 Å². The molecule has 0 radical (unpaired) electrons. The van der Waals surface area contributed by atoms with E-state index in [4.69, 9.17) is 4.74 Å². The summed E-state index contributed by atoms with van der Waals surface area (Å²) in [5.74, 6) is 0.957. The molecule has 0 bridgehead atoms. The van der Waals surface area contributed by atoms with Crippen molar-refractivity contribution in [2.45, 2.75) is 18.9 Å². The van der Waals surface area contributed by atoms with Crippen LogP contribution in [0, 0.1) is 0 Å². The van der Waals surface area contributed by atoms with E-state index in [2.05, 4.69) is 33.0 Å². The van der Waals surface area contributed by atoms with Crippen LogP contribution in [0.4, 0.5) is 5.69 Å². The number of hydrogen-bond donors (Lipinski definition) is 0. The van der Waals surface area contributed by atoms with Gasteiger partial charge in [0.05, 0.1) is 10.6 Å². The fourth-order valence-corrected chi connectivity index (χ4v) is 1.69. The van der Waals surface area contributed by atoms with Crippen molar-refractivity contribution in [1.29, 1.82) is 0 Å². The van der Waals surface area contributed by atoms with Gasteiger partial charge in [0, 0.05) is 19.8 Å². The maximum absolute atomic E-state index is 5.73. The Kier molecular flexibility index (Phi) is 2.68. The molecular weight excluding hydrogens is 242 g/mol. The van der Waals surface area contributed by atoms with Crippen LogP contribution in [0.2, 0.25) is 0 Å². The lowest BCUT2D eigenvalue weighted by Crippen LogP contribution is -2.08. The minimum absolute atomic E-state index is 0.455. The summed E-state index contributed by atoms with van der Waals surface area (Å²) < 4.78 is 6.76. The Morgan fingerprint density at radius 3 is 2.57 bits per heavy atom. The molecule has 1 aliphatic carbocycles. The minimum atomic E-state index is 0.455. The molecule has 0 N–H and O–H groups in total. The van der Waals surface area contributed by atoms with E-state index in [9.17, 15) is 0 Å². The summed E-state index contributed by atoms with van der Waals surface area (Å²) in [6.07, 6.45) is 2.85. The van der Waals surface area contributed by atoms with E-state index in [1.54, 1.807) is 0 Å². The number of rotatable bonds is 3. The highest BCUT2D eigenvalue weighted by molar-refractivity contribution is 9.10. The first kappa shape index (κ1) is 9.84. The molecule has 14 heavy (non-hydrogen) atoms. The van der Waals surface area contributed by atoms with Gasteiger partial charge in [-0.25, -0.2) is 0 Å². The molecule has 0 spiro atoms. The van der Waals surface area contributed by atoms with Crippen LogP contribution >= 0.6 is 15.9 Å². The zero-order valence-corrected chi connectivity index (χ0v) is 10.0. The largest absolute Gasteiger partial charge is 0.489 e. The number of halogens is 1. The fraction of sp³-hybridized carbons (Fsp3) is 0.455. The van der Waals surface area contributed by atoms with Crippen molar-refractivity contribution in [3.8, 4) is 5.75 Å². The predicted octanol–water partition coefficient (Wildman–Crippen LogP) is 3.06. The zero-order valence-electron chi connectivity index (χ0n) is 8.46. The highest BCUT2D eigenvalue weighted by Gasteiger charge is 2.24. The van der Waals surface area contributed by atoms with E-state index in [0.29, 0.717) is 6.10 Å². The highest BCUT2D eigenvalue weighted by Crippen LogP contribution is 2.34. The molecule has 3 heteroatoms. The lowest BCUT2D eigenvalue weighted by atomic mass is 10.3. The molecule has 0 unspecified atom stereocenters. The molecule has 0 saturated heterocycles. The molecular formula is C11H14BrNO. The predicted molar refractivity (Wildman–Crippen MR) is 62.1 cm³/mol. The first-order valence-electron chi connectivity index (χ1n) is 4.80. The Balaban J connectivity index is 2.17. The second kappa shape index (κ2) is 3.81. The van der Waals surface area contributed by atoms with Crippen molar-refractivity contribution in [1.82, 2.24) is 0 Å². The molecule has 1 fully saturated rings. The zero-order chi connectivity index (χ0) is 10.1. The Labute approximate surface area is 93.0 Å². The van der Waals surface area contributed by atoms with Gasteiger partial charge < -0.3 is 9.64 Å². The second-order valence-corrected chi connectivity index (χ2v) is 4.68. The van der Waals surface area contributed by atoms with Gasteiger partial charge >= 0.3 is 0 Å². The third kappa shape index (κ3) is 2.21. The highest BCUT2D eigenvalue weighted by atomic mass is 79.9. The molecule has 2 nitrogen and oxygen atoms in total. The van der Waals surface area contributed by atoms with Crippen molar-refractivity contribution >= 4 is 21.6 Å². The summed E-state index contributed by atoms with van der Waals surface area (Å²) in [5, 5.41) is 0. The minimum Gasteiger partial charge on any atom is -0.489 e.